The largest absolute Gasteiger partial charge is 0.497 e. The highest BCUT2D eigenvalue weighted by Gasteiger charge is 2.18. The molecule has 2 aromatic rings. The van der Waals surface area contributed by atoms with Gasteiger partial charge < -0.3 is 10.1 Å². The molecular formula is C18H21ClN2O2S. The van der Waals surface area contributed by atoms with E-state index in [0.717, 1.165) is 16.3 Å². The molecule has 0 spiro atoms. The molecular weight excluding hydrogens is 344 g/mol. The molecule has 1 amide bonds. The van der Waals surface area contributed by atoms with Gasteiger partial charge in [-0.05, 0) is 35.7 Å². The fourth-order valence-electron chi connectivity index (χ4n) is 2.25. The van der Waals surface area contributed by atoms with Gasteiger partial charge in [0.1, 0.15) is 5.75 Å². The summed E-state index contributed by atoms with van der Waals surface area (Å²) < 4.78 is 5.18. The van der Waals surface area contributed by atoms with Gasteiger partial charge in [-0.3, -0.25) is 4.79 Å². The van der Waals surface area contributed by atoms with Crippen LogP contribution >= 0.6 is 23.4 Å². The Morgan fingerprint density at radius 2 is 1.96 bits per heavy atom. The van der Waals surface area contributed by atoms with Crippen molar-refractivity contribution >= 4 is 29.3 Å². The molecule has 0 aliphatic rings. The van der Waals surface area contributed by atoms with Crippen molar-refractivity contribution in [1.29, 1.82) is 0 Å². The minimum absolute atomic E-state index is 0.0220. The van der Waals surface area contributed by atoms with Crippen molar-refractivity contribution in [2.75, 3.05) is 12.9 Å². The maximum Gasteiger partial charge on any atom is 0.230 e. The first kappa shape index (κ1) is 18.6. The van der Waals surface area contributed by atoms with E-state index in [2.05, 4.69) is 24.1 Å². The molecule has 24 heavy (non-hydrogen) atoms. The minimum atomic E-state index is -0.0396. The lowest BCUT2D eigenvalue weighted by atomic mass is 9.96. The van der Waals surface area contributed by atoms with Crippen LogP contribution in [0.5, 0.6) is 5.75 Å². The number of carbonyl (C=O) groups excluding carboxylic acids is 1. The van der Waals surface area contributed by atoms with Crippen molar-refractivity contribution in [2.24, 2.45) is 5.92 Å². The van der Waals surface area contributed by atoms with Gasteiger partial charge in [0, 0.05) is 6.20 Å². The summed E-state index contributed by atoms with van der Waals surface area (Å²) in [5.74, 6) is 1.37. The summed E-state index contributed by atoms with van der Waals surface area (Å²) in [6.07, 6.45) is 1.58. The lowest BCUT2D eigenvalue weighted by molar-refractivity contribution is -0.119. The standard InChI is InChI=1S/C18H21ClN2O2S/c1-12(2)18(13-4-7-15(23-3)8-5-13)21-16(22)11-24-17-9-6-14(19)10-20-17/h4-10,12,18H,11H2,1-3H3,(H,21,22). The van der Waals surface area contributed by atoms with E-state index in [1.54, 1.807) is 19.4 Å². The molecule has 1 atom stereocenters. The Labute approximate surface area is 152 Å². The zero-order chi connectivity index (χ0) is 17.5. The Morgan fingerprint density at radius 3 is 2.50 bits per heavy atom. The highest BCUT2D eigenvalue weighted by atomic mass is 35.5. The second-order valence-corrected chi connectivity index (χ2v) is 7.10. The summed E-state index contributed by atoms with van der Waals surface area (Å²) in [6, 6.07) is 11.3. The number of rotatable bonds is 7. The third-order valence-corrected chi connectivity index (χ3v) is 4.68. The van der Waals surface area contributed by atoms with Crippen LogP contribution in [0.4, 0.5) is 0 Å². The number of carbonyl (C=O) groups is 1. The summed E-state index contributed by atoms with van der Waals surface area (Å²) in [6.45, 7) is 4.17. The van der Waals surface area contributed by atoms with Crippen molar-refractivity contribution < 1.29 is 9.53 Å². The van der Waals surface area contributed by atoms with Gasteiger partial charge in [0.15, 0.2) is 0 Å². The van der Waals surface area contributed by atoms with Crippen LogP contribution in [0.25, 0.3) is 0 Å². The number of benzene rings is 1. The van der Waals surface area contributed by atoms with Crippen LogP contribution in [0.3, 0.4) is 0 Å². The Morgan fingerprint density at radius 1 is 1.25 bits per heavy atom. The first-order chi connectivity index (χ1) is 11.5. The summed E-state index contributed by atoms with van der Waals surface area (Å²) in [5.41, 5.74) is 1.06. The summed E-state index contributed by atoms with van der Waals surface area (Å²) >= 11 is 7.20. The van der Waals surface area contributed by atoms with Gasteiger partial charge in [0.25, 0.3) is 0 Å². The Bertz CT molecular complexity index is 660. The van der Waals surface area contributed by atoms with Gasteiger partial charge in [-0.15, -0.1) is 0 Å². The number of nitrogens with one attached hydrogen (secondary N) is 1. The van der Waals surface area contributed by atoms with Crippen LogP contribution in [0.2, 0.25) is 5.02 Å². The van der Waals surface area contributed by atoms with Gasteiger partial charge in [-0.1, -0.05) is 49.3 Å². The molecule has 0 radical (unpaired) electrons. The van der Waals surface area contributed by atoms with E-state index in [4.69, 9.17) is 16.3 Å². The number of ether oxygens (including phenoxy) is 1. The van der Waals surface area contributed by atoms with E-state index in [9.17, 15) is 4.79 Å². The predicted octanol–water partition coefficient (Wildman–Crippen LogP) is 4.35. The monoisotopic (exact) mass is 364 g/mol. The number of halogens is 1. The maximum atomic E-state index is 12.3. The van der Waals surface area contributed by atoms with Gasteiger partial charge in [0.2, 0.25) is 5.91 Å². The average Bonchev–Trinajstić information content (AvgIpc) is 2.59. The summed E-state index contributed by atoms with van der Waals surface area (Å²) in [7, 11) is 1.64. The molecule has 0 aliphatic heterocycles. The van der Waals surface area contributed by atoms with Crippen molar-refractivity contribution in [1.82, 2.24) is 10.3 Å². The number of hydrogen-bond donors (Lipinski definition) is 1. The molecule has 6 heteroatoms. The van der Waals surface area contributed by atoms with E-state index in [1.807, 2.05) is 30.3 Å². The zero-order valence-electron chi connectivity index (χ0n) is 14.0. The number of amides is 1. The van der Waals surface area contributed by atoms with E-state index in [1.165, 1.54) is 11.8 Å². The van der Waals surface area contributed by atoms with Crippen molar-refractivity contribution in [2.45, 2.75) is 24.9 Å². The second-order valence-electron chi connectivity index (χ2n) is 5.67. The first-order valence-electron chi connectivity index (χ1n) is 7.67. The van der Waals surface area contributed by atoms with E-state index >= 15 is 0 Å². The van der Waals surface area contributed by atoms with Crippen LogP contribution in [0.15, 0.2) is 47.6 Å². The maximum absolute atomic E-state index is 12.3. The van der Waals surface area contributed by atoms with E-state index in [-0.39, 0.29) is 17.9 Å². The molecule has 0 saturated carbocycles. The van der Waals surface area contributed by atoms with Crippen LogP contribution in [0.1, 0.15) is 25.5 Å². The number of pyridine rings is 1. The second kappa shape index (κ2) is 8.94. The highest BCUT2D eigenvalue weighted by molar-refractivity contribution is 7.99. The van der Waals surface area contributed by atoms with Gasteiger partial charge in [0.05, 0.1) is 29.0 Å². The Kier molecular flexibility index (Phi) is 6.94. The SMILES string of the molecule is COc1ccc(C(NC(=O)CSc2ccc(Cl)cn2)C(C)C)cc1. The molecule has 0 bridgehead atoms. The summed E-state index contributed by atoms with van der Waals surface area (Å²) in [5, 5.41) is 4.46. The molecule has 0 saturated heterocycles. The quantitative estimate of drug-likeness (QED) is 0.742. The van der Waals surface area contributed by atoms with E-state index in [0.29, 0.717) is 10.8 Å². The zero-order valence-corrected chi connectivity index (χ0v) is 15.5. The predicted molar refractivity (Wildman–Crippen MR) is 98.7 cm³/mol. The lowest BCUT2D eigenvalue weighted by Gasteiger charge is -2.23. The summed E-state index contributed by atoms with van der Waals surface area (Å²) in [4.78, 5) is 16.5. The number of methoxy groups -OCH3 is 1. The van der Waals surface area contributed by atoms with Gasteiger partial charge in [-0.25, -0.2) is 4.98 Å². The van der Waals surface area contributed by atoms with Crippen LogP contribution < -0.4 is 10.1 Å². The average molecular weight is 365 g/mol. The molecule has 0 fully saturated rings. The number of nitrogens with zero attached hydrogens (tertiary/aromatic N) is 1. The number of aromatic nitrogens is 1. The molecule has 1 N–H and O–H groups in total. The van der Waals surface area contributed by atoms with Gasteiger partial charge >= 0.3 is 0 Å². The first-order valence-corrected chi connectivity index (χ1v) is 9.03. The molecule has 128 valence electrons. The molecule has 0 aliphatic carbocycles. The minimum Gasteiger partial charge on any atom is -0.497 e. The fourth-order valence-corrected chi connectivity index (χ4v) is 3.01. The molecule has 4 nitrogen and oxygen atoms in total. The topological polar surface area (TPSA) is 51.2 Å². The normalized spacial score (nSPS) is 12.0. The van der Waals surface area contributed by atoms with Crippen molar-refractivity contribution in [3.8, 4) is 5.75 Å². The Balaban J connectivity index is 1.96. The fraction of sp³-hybridized carbons (Fsp3) is 0.333. The van der Waals surface area contributed by atoms with Gasteiger partial charge in [-0.2, -0.15) is 0 Å². The van der Waals surface area contributed by atoms with Crippen LogP contribution in [0, 0.1) is 5.92 Å². The number of thioether (sulfide) groups is 1. The lowest BCUT2D eigenvalue weighted by Crippen LogP contribution is -2.33. The Hall–Kier alpha value is -1.72. The third-order valence-electron chi connectivity index (χ3n) is 3.51. The molecule has 1 unspecified atom stereocenters. The molecule has 1 aromatic carbocycles. The van der Waals surface area contributed by atoms with Crippen molar-refractivity contribution in [3.05, 3.63) is 53.2 Å². The molecule has 2 rings (SSSR count). The molecule has 1 heterocycles. The molecule has 1 aromatic heterocycles. The smallest absolute Gasteiger partial charge is 0.230 e. The number of hydrogen-bond acceptors (Lipinski definition) is 4. The van der Waals surface area contributed by atoms with E-state index < -0.39 is 0 Å². The van der Waals surface area contributed by atoms with Crippen LogP contribution in [-0.2, 0) is 4.79 Å². The van der Waals surface area contributed by atoms with Crippen LogP contribution in [-0.4, -0.2) is 23.8 Å². The highest BCUT2D eigenvalue weighted by Crippen LogP contribution is 2.24. The van der Waals surface area contributed by atoms with Crippen molar-refractivity contribution in [3.63, 3.8) is 0 Å². The third kappa shape index (κ3) is 5.42.